The molecule has 0 atom stereocenters. The predicted molar refractivity (Wildman–Crippen MR) is 48.2 cm³/mol. The van der Waals surface area contributed by atoms with E-state index in [0.717, 1.165) is 6.42 Å². The Balaban J connectivity index is 2.96. The maximum absolute atomic E-state index is 8.40. The second kappa shape index (κ2) is 9.52. The molecule has 11 heavy (non-hydrogen) atoms. The first-order valence-corrected chi connectivity index (χ1v) is 4.48. The smallest absolute Gasteiger partial charge is 0.0540 e. The monoisotopic (exact) mass is 154 g/mol. The topological polar surface area (TPSA) is 20.2 Å². The molecule has 0 aromatic rings. The summed E-state index contributed by atoms with van der Waals surface area (Å²) >= 11 is 0. The molecule has 0 heterocycles. The summed E-state index contributed by atoms with van der Waals surface area (Å²) in [6.07, 6.45) is 6.75. The Morgan fingerprint density at radius 2 is 1.73 bits per heavy atom. The van der Waals surface area contributed by atoms with Gasteiger partial charge in [0.2, 0.25) is 0 Å². The molecule has 0 fully saturated rings. The Labute approximate surface area is 69.8 Å². The number of aliphatic hydroxyl groups excluding tert-OH is 1. The van der Waals surface area contributed by atoms with Crippen molar-refractivity contribution in [3.63, 3.8) is 0 Å². The molecular weight excluding hydrogens is 136 g/mol. The molecule has 0 unspecified atom stereocenters. The zero-order valence-corrected chi connectivity index (χ0v) is 7.40. The maximum Gasteiger partial charge on any atom is 0.0540 e. The maximum atomic E-state index is 8.40. The van der Waals surface area contributed by atoms with Crippen molar-refractivity contribution < 1.29 is 5.11 Å². The molecule has 0 saturated carbocycles. The van der Waals surface area contributed by atoms with Crippen LogP contribution in [0.5, 0.6) is 0 Å². The number of unbranched alkanes of at least 4 members (excludes halogenated alkanes) is 4. The fourth-order valence-corrected chi connectivity index (χ4v) is 0.873. The number of hydrogen-bond acceptors (Lipinski definition) is 1. The molecule has 0 aromatic heterocycles. The van der Waals surface area contributed by atoms with Gasteiger partial charge in [-0.15, -0.1) is 11.8 Å². The van der Waals surface area contributed by atoms with Gasteiger partial charge in [0.25, 0.3) is 0 Å². The summed E-state index contributed by atoms with van der Waals surface area (Å²) in [5, 5.41) is 8.40. The van der Waals surface area contributed by atoms with Gasteiger partial charge in [0.05, 0.1) is 6.61 Å². The summed E-state index contributed by atoms with van der Waals surface area (Å²) in [5.74, 6) is 5.95. The van der Waals surface area contributed by atoms with E-state index < -0.39 is 0 Å². The fraction of sp³-hybridized carbons (Fsp3) is 0.800. The molecule has 0 aliphatic carbocycles. The van der Waals surface area contributed by atoms with E-state index in [4.69, 9.17) is 5.11 Å². The van der Waals surface area contributed by atoms with Gasteiger partial charge in [-0.2, -0.15) is 0 Å². The van der Waals surface area contributed by atoms with E-state index in [1.165, 1.54) is 25.7 Å². The van der Waals surface area contributed by atoms with E-state index in [1.807, 2.05) is 0 Å². The van der Waals surface area contributed by atoms with Crippen molar-refractivity contribution in [1.29, 1.82) is 0 Å². The van der Waals surface area contributed by atoms with Crippen LogP contribution in [-0.2, 0) is 0 Å². The Morgan fingerprint density at radius 3 is 2.36 bits per heavy atom. The summed E-state index contributed by atoms with van der Waals surface area (Å²) < 4.78 is 0. The first-order chi connectivity index (χ1) is 5.41. The fourth-order valence-electron chi connectivity index (χ4n) is 0.873. The van der Waals surface area contributed by atoms with Crippen LogP contribution in [0.15, 0.2) is 0 Å². The molecule has 0 aromatic carbocycles. The molecular formula is C10H18O. The van der Waals surface area contributed by atoms with Gasteiger partial charge in [0.15, 0.2) is 0 Å². The lowest BCUT2D eigenvalue weighted by Gasteiger charge is -1.91. The largest absolute Gasteiger partial charge is 0.395 e. The van der Waals surface area contributed by atoms with Crippen LogP contribution < -0.4 is 0 Å². The second-order valence-corrected chi connectivity index (χ2v) is 2.64. The van der Waals surface area contributed by atoms with Crippen LogP contribution in [0, 0.1) is 11.8 Å². The molecule has 1 heteroatoms. The van der Waals surface area contributed by atoms with Crippen molar-refractivity contribution in [2.24, 2.45) is 0 Å². The first kappa shape index (κ1) is 10.5. The normalized spacial score (nSPS) is 8.91. The highest BCUT2D eigenvalue weighted by atomic mass is 16.2. The molecule has 1 N–H and O–H groups in total. The van der Waals surface area contributed by atoms with Gasteiger partial charge in [-0.1, -0.05) is 26.2 Å². The second-order valence-electron chi connectivity index (χ2n) is 2.64. The van der Waals surface area contributed by atoms with E-state index >= 15 is 0 Å². The third kappa shape index (κ3) is 9.52. The summed E-state index contributed by atoms with van der Waals surface area (Å²) in [7, 11) is 0. The first-order valence-electron chi connectivity index (χ1n) is 4.48. The molecule has 0 aliphatic rings. The van der Waals surface area contributed by atoms with Gasteiger partial charge in [-0.05, 0) is 6.42 Å². The van der Waals surface area contributed by atoms with Crippen molar-refractivity contribution in [2.75, 3.05) is 6.61 Å². The minimum absolute atomic E-state index is 0.196. The average Bonchev–Trinajstić information content (AvgIpc) is 2.03. The quantitative estimate of drug-likeness (QED) is 0.476. The van der Waals surface area contributed by atoms with Crippen LogP contribution in [0.1, 0.15) is 45.4 Å². The number of aliphatic hydroxyl groups is 1. The highest BCUT2D eigenvalue weighted by Gasteiger charge is 1.83. The van der Waals surface area contributed by atoms with Crippen LogP contribution >= 0.6 is 0 Å². The van der Waals surface area contributed by atoms with Crippen molar-refractivity contribution in [3.05, 3.63) is 0 Å². The summed E-state index contributed by atoms with van der Waals surface area (Å²) in [4.78, 5) is 0. The summed E-state index contributed by atoms with van der Waals surface area (Å²) in [6.45, 7) is 2.40. The third-order valence-corrected chi connectivity index (χ3v) is 1.52. The van der Waals surface area contributed by atoms with E-state index in [-0.39, 0.29) is 6.61 Å². The van der Waals surface area contributed by atoms with E-state index in [9.17, 15) is 0 Å². The molecule has 0 bridgehead atoms. The van der Waals surface area contributed by atoms with Crippen LogP contribution in [0.25, 0.3) is 0 Å². The van der Waals surface area contributed by atoms with Crippen LogP contribution in [-0.4, -0.2) is 11.7 Å². The molecule has 1 nitrogen and oxygen atoms in total. The van der Waals surface area contributed by atoms with E-state index in [1.54, 1.807) is 0 Å². The lowest BCUT2D eigenvalue weighted by molar-refractivity contribution is 0.305. The zero-order chi connectivity index (χ0) is 8.36. The summed E-state index contributed by atoms with van der Waals surface area (Å²) in [5.41, 5.74) is 0. The molecule has 0 spiro atoms. The number of rotatable bonds is 5. The van der Waals surface area contributed by atoms with Crippen LogP contribution in [0.4, 0.5) is 0 Å². The van der Waals surface area contributed by atoms with Crippen molar-refractivity contribution in [3.8, 4) is 11.8 Å². The molecule has 0 aliphatic heterocycles. The minimum atomic E-state index is 0.196. The third-order valence-electron chi connectivity index (χ3n) is 1.52. The molecule has 0 saturated heterocycles. The predicted octanol–water partition coefficient (Wildman–Crippen LogP) is 2.34. The van der Waals surface area contributed by atoms with Gasteiger partial charge in [0.1, 0.15) is 0 Å². The SMILES string of the molecule is CCCCCCC#CCCO. The standard InChI is InChI=1S/C10H18O/c1-2-3-4-5-6-7-8-9-10-11/h11H,2-6,9-10H2,1H3. The zero-order valence-electron chi connectivity index (χ0n) is 7.40. The molecule has 0 amide bonds. The average molecular weight is 154 g/mol. The Hall–Kier alpha value is -0.480. The van der Waals surface area contributed by atoms with Gasteiger partial charge >= 0.3 is 0 Å². The molecule has 0 radical (unpaired) electrons. The molecule has 64 valence electrons. The van der Waals surface area contributed by atoms with Crippen LogP contribution in [0.2, 0.25) is 0 Å². The minimum Gasteiger partial charge on any atom is -0.395 e. The number of hydrogen-bond donors (Lipinski definition) is 1. The van der Waals surface area contributed by atoms with Crippen molar-refractivity contribution in [1.82, 2.24) is 0 Å². The van der Waals surface area contributed by atoms with Gasteiger partial charge in [-0.3, -0.25) is 0 Å². The highest BCUT2D eigenvalue weighted by Crippen LogP contribution is 2.00. The van der Waals surface area contributed by atoms with Crippen molar-refractivity contribution in [2.45, 2.75) is 45.4 Å². The Kier molecular flexibility index (Phi) is 9.10. The Morgan fingerprint density at radius 1 is 1.00 bits per heavy atom. The van der Waals surface area contributed by atoms with Gasteiger partial charge in [-0.25, -0.2) is 0 Å². The highest BCUT2D eigenvalue weighted by molar-refractivity contribution is 4.98. The van der Waals surface area contributed by atoms with Crippen LogP contribution in [0.3, 0.4) is 0 Å². The summed E-state index contributed by atoms with van der Waals surface area (Å²) in [6, 6.07) is 0. The van der Waals surface area contributed by atoms with E-state index in [0.29, 0.717) is 6.42 Å². The lowest BCUT2D eigenvalue weighted by atomic mass is 10.1. The van der Waals surface area contributed by atoms with Crippen molar-refractivity contribution >= 4 is 0 Å². The molecule has 0 rings (SSSR count). The van der Waals surface area contributed by atoms with Gasteiger partial charge < -0.3 is 5.11 Å². The Bertz CT molecular complexity index is 119. The lowest BCUT2D eigenvalue weighted by Crippen LogP contribution is -1.77. The van der Waals surface area contributed by atoms with E-state index in [2.05, 4.69) is 18.8 Å². The van der Waals surface area contributed by atoms with Gasteiger partial charge in [0, 0.05) is 12.8 Å².